The molecule has 8 heteroatoms. The van der Waals surface area contributed by atoms with E-state index in [1.54, 1.807) is 28.5 Å². The second kappa shape index (κ2) is 8.08. The van der Waals surface area contributed by atoms with Gasteiger partial charge in [-0.25, -0.2) is 13.8 Å². The van der Waals surface area contributed by atoms with Crippen LogP contribution in [0.15, 0.2) is 47.8 Å². The lowest BCUT2D eigenvalue weighted by atomic mass is 10.1. The van der Waals surface area contributed by atoms with Gasteiger partial charge in [0.05, 0.1) is 5.69 Å². The van der Waals surface area contributed by atoms with Gasteiger partial charge in [-0.2, -0.15) is 0 Å². The number of nitrogens with one attached hydrogen (secondary N) is 1. The lowest BCUT2D eigenvalue weighted by Gasteiger charge is -2.15. The highest BCUT2D eigenvalue weighted by Gasteiger charge is 2.20. The van der Waals surface area contributed by atoms with Gasteiger partial charge < -0.3 is 4.90 Å². The Morgan fingerprint density at radius 1 is 1.21 bits per heavy atom. The van der Waals surface area contributed by atoms with Gasteiger partial charge in [-0.1, -0.05) is 12.1 Å². The average molecular weight is 413 g/mol. The number of hydrogen-bond acceptors (Lipinski definition) is 4. The first kappa shape index (κ1) is 19.2. The molecule has 0 unspecified atom stereocenters. The van der Waals surface area contributed by atoms with E-state index in [2.05, 4.69) is 10.3 Å². The van der Waals surface area contributed by atoms with Crippen LogP contribution in [0.2, 0.25) is 0 Å². The Bertz CT molecular complexity index is 1080. The van der Waals surface area contributed by atoms with Gasteiger partial charge in [0, 0.05) is 36.0 Å². The van der Waals surface area contributed by atoms with Crippen molar-refractivity contribution in [1.29, 1.82) is 0 Å². The van der Waals surface area contributed by atoms with Gasteiger partial charge in [0.2, 0.25) is 5.91 Å². The third kappa shape index (κ3) is 4.32. The minimum Gasteiger partial charge on any atom is -0.338 e. The highest BCUT2D eigenvalue weighted by Crippen LogP contribution is 2.28. The van der Waals surface area contributed by atoms with Crippen LogP contribution in [0.1, 0.15) is 28.8 Å². The summed E-state index contributed by atoms with van der Waals surface area (Å²) in [5.74, 6) is -1.38. The minimum atomic E-state index is -0.585. The largest absolute Gasteiger partial charge is 0.338 e. The highest BCUT2D eigenvalue weighted by molar-refractivity contribution is 7.14. The molecule has 1 aliphatic heterocycles. The van der Waals surface area contributed by atoms with Crippen LogP contribution in [-0.4, -0.2) is 28.2 Å². The van der Waals surface area contributed by atoms with Crippen LogP contribution in [-0.2, 0) is 11.3 Å². The monoisotopic (exact) mass is 413 g/mol. The first-order chi connectivity index (χ1) is 14.0. The van der Waals surface area contributed by atoms with Crippen LogP contribution in [0.3, 0.4) is 0 Å². The third-order valence-electron chi connectivity index (χ3n) is 4.66. The summed E-state index contributed by atoms with van der Waals surface area (Å²) in [6.45, 7) is 1.20. The molecule has 0 saturated carbocycles. The molecule has 4 rings (SSSR count). The van der Waals surface area contributed by atoms with Crippen molar-refractivity contribution in [3.05, 3.63) is 70.6 Å². The highest BCUT2D eigenvalue weighted by atomic mass is 32.1. The summed E-state index contributed by atoms with van der Waals surface area (Å²) in [6, 6.07) is 10.2. The summed E-state index contributed by atoms with van der Waals surface area (Å²) in [6.07, 6.45) is 1.43. The molecule has 1 aromatic heterocycles. The number of halogens is 2. The van der Waals surface area contributed by atoms with Crippen LogP contribution < -0.4 is 5.32 Å². The first-order valence-electron chi connectivity index (χ1n) is 9.08. The summed E-state index contributed by atoms with van der Waals surface area (Å²) in [4.78, 5) is 30.3. The number of likely N-dealkylation sites (tertiary alicyclic amines) is 1. The van der Waals surface area contributed by atoms with Crippen molar-refractivity contribution in [3.8, 4) is 11.3 Å². The molecule has 2 amide bonds. The van der Waals surface area contributed by atoms with E-state index in [9.17, 15) is 18.4 Å². The molecule has 29 heavy (non-hydrogen) atoms. The number of anilines is 1. The van der Waals surface area contributed by atoms with Gasteiger partial charge in [0.25, 0.3) is 5.91 Å². The molecule has 0 aliphatic carbocycles. The van der Waals surface area contributed by atoms with E-state index < -0.39 is 11.6 Å². The third-order valence-corrected chi connectivity index (χ3v) is 5.42. The maximum absolute atomic E-state index is 13.9. The first-order valence-corrected chi connectivity index (χ1v) is 9.96. The quantitative estimate of drug-likeness (QED) is 0.672. The van der Waals surface area contributed by atoms with Crippen LogP contribution in [0.5, 0.6) is 0 Å². The zero-order valence-electron chi connectivity index (χ0n) is 15.3. The molecule has 0 atom stereocenters. The van der Waals surface area contributed by atoms with E-state index in [-0.39, 0.29) is 28.2 Å². The maximum Gasteiger partial charge on any atom is 0.257 e. The van der Waals surface area contributed by atoms with Crippen molar-refractivity contribution < 1.29 is 18.4 Å². The molecule has 3 aromatic rings. The predicted molar refractivity (Wildman–Crippen MR) is 107 cm³/mol. The van der Waals surface area contributed by atoms with E-state index in [0.29, 0.717) is 18.5 Å². The van der Waals surface area contributed by atoms with Crippen LogP contribution >= 0.6 is 11.3 Å². The van der Waals surface area contributed by atoms with Crippen molar-refractivity contribution in [2.75, 3.05) is 11.9 Å². The van der Waals surface area contributed by atoms with Crippen molar-refractivity contribution in [3.63, 3.8) is 0 Å². The molecule has 0 spiro atoms. The molecule has 0 radical (unpaired) electrons. The molecule has 5 nitrogen and oxygen atoms in total. The van der Waals surface area contributed by atoms with E-state index in [4.69, 9.17) is 0 Å². The van der Waals surface area contributed by atoms with Gasteiger partial charge in [-0.05, 0) is 42.3 Å². The Morgan fingerprint density at radius 3 is 2.86 bits per heavy atom. The Labute approximate surface area is 170 Å². The zero-order valence-corrected chi connectivity index (χ0v) is 16.1. The van der Waals surface area contributed by atoms with Crippen molar-refractivity contribution in [1.82, 2.24) is 9.88 Å². The second-order valence-corrected chi connectivity index (χ2v) is 7.59. The van der Waals surface area contributed by atoms with E-state index in [1.165, 1.54) is 0 Å². The normalized spacial score (nSPS) is 13.7. The van der Waals surface area contributed by atoms with Gasteiger partial charge in [-0.15, -0.1) is 11.3 Å². The summed E-state index contributed by atoms with van der Waals surface area (Å²) < 4.78 is 27.3. The number of aromatic nitrogens is 1. The Morgan fingerprint density at radius 2 is 2.07 bits per heavy atom. The maximum atomic E-state index is 13.9. The predicted octanol–water partition coefficient (Wildman–Crippen LogP) is 4.46. The molecule has 1 N–H and O–H groups in total. The topological polar surface area (TPSA) is 62.3 Å². The number of nitrogens with zero attached hydrogens (tertiary/aromatic N) is 2. The Balaban J connectivity index is 1.47. The minimum absolute atomic E-state index is 0.0408. The summed E-state index contributed by atoms with van der Waals surface area (Å²) in [5, 5.41) is 4.53. The van der Waals surface area contributed by atoms with Gasteiger partial charge in [0.15, 0.2) is 5.13 Å². The molecule has 1 saturated heterocycles. The number of rotatable bonds is 5. The van der Waals surface area contributed by atoms with E-state index >= 15 is 0 Å². The number of carbonyl (C=O) groups excluding carboxylic acids is 2. The average Bonchev–Trinajstić information content (AvgIpc) is 3.33. The van der Waals surface area contributed by atoms with Crippen molar-refractivity contribution >= 4 is 28.3 Å². The van der Waals surface area contributed by atoms with Crippen molar-refractivity contribution in [2.45, 2.75) is 19.4 Å². The van der Waals surface area contributed by atoms with E-state index in [1.807, 2.05) is 6.07 Å². The number of carbonyl (C=O) groups is 2. The van der Waals surface area contributed by atoms with Gasteiger partial charge in [0.1, 0.15) is 11.6 Å². The van der Waals surface area contributed by atoms with Gasteiger partial charge in [-0.3, -0.25) is 14.9 Å². The summed E-state index contributed by atoms with van der Waals surface area (Å²) in [7, 11) is 0. The number of amides is 2. The van der Waals surface area contributed by atoms with Crippen LogP contribution in [0.4, 0.5) is 13.9 Å². The van der Waals surface area contributed by atoms with Crippen LogP contribution in [0.25, 0.3) is 11.3 Å². The fourth-order valence-corrected chi connectivity index (χ4v) is 3.93. The molecular weight excluding hydrogens is 396 g/mol. The molecular formula is C21H17F2N3O2S. The zero-order chi connectivity index (χ0) is 20.4. The molecule has 2 aromatic carbocycles. The number of benzene rings is 2. The van der Waals surface area contributed by atoms with Crippen molar-refractivity contribution in [2.24, 2.45) is 0 Å². The number of hydrogen-bond donors (Lipinski definition) is 1. The fraction of sp³-hybridized carbons (Fsp3) is 0.190. The SMILES string of the molecule is O=C(Nc1nc(-c2cc(F)ccc2F)cs1)c1cccc(CN2CCCC2=O)c1. The lowest BCUT2D eigenvalue weighted by molar-refractivity contribution is -0.128. The second-order valence-electron chi connectivity index (χ2n) is 6.74. The lowest BCUT2D eigenvalue weighted by Crippen LogP contribution is -2.24. The number of thiazole rings is 1. The molecule has 1 aliphatic rings. The van der Waals surface area contributed by atoms with E-state index in [0.717, 1.165) is 48.1 Å². The molecule has 1 fully saturated rings. The Hall–Kier alpha value is -3.13. The Kier molecular flexibility index (Phi) is 5.35. The summed E-state index contributed by atoms with van der Waals surface area (Å²) in [5.41, 5.74) is 1.60. The fourth-order valence-electron chi connectivity index (χ4n) is 3.22. The summed E-state index contributed by atoms with van der Waals surface area (Å²) >= 11 is 1.13. The molecule has 2 heterocycles. The smallest absolute Gasteiger partial charge is 0.257 e. The van der Waals surface area contributed by atoms with Gasteiger partial charge >= 0.3 is 0 Å². The van der Waals surface area contributed by atoms with Crippen LogP contribution in [0, 0.1) is 11.6 Å². The molecule has 148 valence electrons. The molecule has 0 bridgehead atoms. The standard InChI is InChI=1S/C21H17F2N3O2S/c22-15-6-7-17(23)16(10-15)18-12-29-21(24-18)25-20(28)14-4-1-3-13(9-14)11-26-8-2-5-19(26)27/h1,3-4,6-7,9-10,12H,2,5,8,11H2,(H,24,25,28).